The zero-order valence-corrected chi connectivity index (χ0v) is 18.1. The lowest BCUT2D eigenvalue weighted by Gasteiger charge is -2.19. The molecule has 3 rings (SSSR count). The molecule has 4 nitrogen and oxygen atoms in total. The third-order valence-electron chi connectivity index (χ3n) is 4.90. The van der Waals surface area contributed by atoms with Gasteiger partial charge < -0.3 is 10.1 Å². The number of nitrogens with one attached hydrogen (secondary N) is 1. The molecule has 0 spiro atoms. The zero-order valence-electron chi connectivity index (χ0n) is 18.1. The maximum absolute atomic E-state index is 13.0. The number of hydrogen-bond donors (Lipinski definition) is 1. The van der Waals surface area contributed by atoms with Gasteiger partial charge in [0.2, 0.25) is 0 Å². The minimum Gasteiger partial charge on any atom is -0.481 e. The second-order valence-corrected chi connectivity index (χ2v) is 8.44. The highest BCUT2D eigenvalue weighted by Crippen LogP contribution is 2.23. The molecule has 1 N–H and O–H groups in total. The molecule has 1 atom stereocenters. The highest BCUT2D eigenvalue weighted by molar-refractivity contribution is 6.09. The zero-order chi connectivity index (χ0) is 22.6. The van der Waals surface area contributed by atoms with Gasteiger partial charge in [0.15, 0.2) is 11.9 Å². The maximum Gasteiger partial charge on any atom is 0.265 e. The fraction of sp³-hybridized carbons (Fsp3) is 0.231. The van der Waals surface area contributed by atoms with E-state index in [4.69, 9.17) is 4.74 Å². The van der Waals surface area contributed by atoms with Gasteiger partial charge in [0.25, 0.3) is 5.91 Å². The number of hydrogen-bond acceptors (Lipinski definition) is 3. The molecule has 1 amide bonds. The van der Waals surface area contributed by atoms with Crippen LogP contribution in [0.5, 0.6) is 5.75 Å². The summed E-state index contributed by atoms with van der Waals surface area (Å²) in [7, 11) is 0. The molecule has 0 heterocycles. The third kappa shape index (κ3) is 5.79. The van der Waals surface area contributed by atoms with E-state index in [1.807, 2.05) is 24.3 Å². The van der Waals surface area contributed by atoms with Crippen molar-refractivity contribution in [3.8, 4) is 5.75 Å². The molecule has 0 bridgehead atoms. The lowest BCUT2D eigenvalue weighted by molar-refractivity contribution is -0.122. The first-order valence-electron chi connectivity index (χ1n) is 10.1. The fourth-order valence-electron chi connectivity index (χ4n) is 3.04. The quantitative estimate of drug-likeness (QED) is 0.517. The molecule has 0 aromatic heterocycles. The number of carbonyl (C=O) groups excluding carboxylic acids is 2. The second-order valence-electron chi connectivity index (χ2n) is 8.44. The van der Waals surface area contributed by atoms with Crippen molar-refractivity contribution in [3.63, 3.8) is 0 Å². The molecule has 0 aliphatic rings. The minimum absolute atomic E-state index is 0.0124. The van der Waals surface area contributed by atoms with Crippen LogP contribution in [0.3, 0.4) is 0 Å². The van der Waals surface area contributed by atoms with Gasteiger partial charge in [-0.15, -0.1) is 0 Å². The van der Waals surface area contributed by atoms with Crippen LogP contribution in [0, 0.1) is 5.82 Å². The highest BCUT2D eigenvalue weighted by Gasteiger charge is 2.17. The van der Waals surface area contributed by atoms with E-state index in [1.165, 1.54) is 24.3 Å². The molecule has 0 fully saturated rings. The first-order valence-corrected chi connectivity index (χ1v) is 10.1. The van der Waals surface area contributed by atoms with Gasteiger partial charge in [-0.3, -0.25) is 9.59 Å². The predicted octanol–water partition coefficient (Wildman–Crippen LogP) is 5.76. The number of ketones is 1. The van der Waals surface area contributed by atoms with E-state index >= 15 is 0 Å². The molecule has 0 aliphatic carbocycles. The van der Waals surface area contributed by atoms with E-state index in [0.717, 1.165) is 5.56 Å². The topological polar surface area (TPSA) is 55.4 Å². The molecule has 0 saturated heterocycles. The first kappa shape index (κ1) is 22.2. The Morgan fingerprint density at radius 2 is 1.55 bits per heavy atom. The molecular weight excluding hydrogens is 393 g/mol. The Morgan fingerprint density at radius 3 is 2.16 bits per heavy atom. The molecule has 31 heavy (non-hydrogen) atoms. The van der Waals surface area contributed by atoms with Crippen molar-refractivity contribution in [2.75, 3.05) is 5.32 Å². The van der Waals surface area contributed by atoms with Gasteiger partial charge in [0.1, 0.15) is 11.6 Å². The van der Waals surface area contributed by atoms with Crippen LogP contribution in [-0.2, 0) is 10.2 Å². The molecule has 160 valence electrons. The van der Waals surface area contributed by atoms with Crippen LogP contribution in [0.2, 0.25) is 0 Å². The molecule has 0 aliphatic heterocycles. The SMILES string of the molecule is C[C@@H](Oc1ccc(F)cc1)C(=O)Nc1cccc(C(=O)c2ccc(C(C)(C)C)cc2)c1. The summed E-state index contributed by atoms with van der Waals surface area (Å²) < 4.78 is 18.5. The van der Waals surface area contributed by atoms with E-state index in [9.17, 15) is 14.0 Å². The summed E-state index contributed by atoms with van der Waals surface area (Å²) >= 11 is 0. The van der Waals surface area contributed by atoms with Gasteiger partial charge in [-0.1, -0.05) is 57.2 Å². The van der Waals surface area contributed by atoms with Crippen molar-refractivity contribution in [3.05, 3.63) is 95.3 Å². The third-order valence-corrected chi connectivity index (χ3v) is 4.90. The summed E-state index contributed by atoms with van der Waals surface area (Å²) in [6.45, 7) is 7.97. The highest BCUT2D eigenvalue weighted by atomic mass is 19.1. The molecule has 3 aromatic carbocycles. The van der Waals surface area contributed by atoms with Crippen LogP contribution in [0.1, 0.15) is 49.2 Å². The van der Waals surface area contributed by atoms with Crippen LogP contribution < -0.4 is 10.1 Å². The fourth-order valence-corrected chi connectivity index (χ4v) is 3.04. The van der Waals surface area contributed by atoms with Crippen molar-refractivity contribution in [1.82, 2.24) is 0 Å². The summed E-state index contributed by atoms with van der Waals surface area (Å²) in [5, 5.41) is 2.76. The van der Waals surface area contributed by atoms with E-state index in [2.05, 4.69) is 26.1 Å². The number of halogens is 1. The smallest absolute Gasteiger partial charge is 0.265 e. The Balaban J connectivity index is 1.68. The summed E-state index contributed by atoms with van der Waals surface area (Å²) in [5.74, 6) is -0.471. The summed E-state index contributed by atoms with van der Waals surface area (Å²) in [6.07, 6.45) is -0.797. The molecule has 0 unspecified atom stereocenters. The lowest BCUT2D eigenvalue weighted by atomic mass is 9.86. The van der Waals surface area contributed by atoms with Crippen LogP contribution in [0.4, 0.5) is 10.1 Å². The van der Waals surface area contributed by atoms with Gasteiger partial charge in [0.05, 0.1) is 0 Å². The van der Waals surface area contributed by atoms with Gasteiger partial charge in [-0.2, -0.15) is 0 Å². The molecule has 3 aromatic rings. The molecule has 0 saturated carbocycles. The van der Waals surface area contributed by atoms with E-state index < -0.39 is 6.10 Å². The Bertz CT molecular complexity index is 1070. The molecule has 5 heteroatoms. The normalized spacial score (nSPS) is 12.2. The van der Waals surface area contributed by atoms with Gasteiger partial charge in [0, 0.05) is 16.8 Å². The molecule has 0 radical (unpaired) electrons. The van der Waals surface area contributed by atoms with E-state index in [0.29, 0.717) is 22.6 Å². The number of rotatable bonds is 6. The first-order chi connectivity index (χ1) is 14.6. The van der Waals surface area contributed by atoms with Crippen molar-refractivity contribution in [1.29, 1.82) is 0 Å². The monoisotopic (exact) mass is 419 g/mol. The predicted molar refractivity (Wildman–Crippen MR) is 120 cm³/mol. The average Bonchev–Trinajstić information content (AvgIpc) is 2.74. The van der Waals surface area contributed by atoms with Gasteiger partial charge in [-0.05, 0) is 54.3 Å². The Labute approximate surface area is 182 Å². The minimum atomic E-state index is -0.797. The van der Waals surface area contributed by atoms with Crippen molar-refractivity contribution >= 4 is 17.4 Å². The van der Waals surface area contributed by atoms with Crippen LogP contribution >= 0.6 is 0 Å². The van der Waals surface area contributed by atoms with Crippen molar-refractivity contribution in [2.45, 2.75) is 39.2 Å². The van der Waals surface area contributed by atoms with Crippen molar-refractivity contribution < 1.29 is 18.7 Å². The summed E-state index contributed by atoms with van der Waals surface area (Å²) in [5.41, 5.74) is 2.73. The number of anilines is 1. The van der Waals surface area contributed by atoms with Gasteiger partial charge in [-0.25, -0.2) is 4.39 Å². The van der Waals surface area contributed by atoms with E-state index in [1.54, 1.807) is 31.2 Å². The lowest BCUT2D eigenvalue weighted by Crippen LogP contribution is -2.30. The summed E-state index contributed by atoms with van der Waals surface area (Å²) in [6, 6.07) is 19.8. The number of benzene rings is 3. The maximum atomic E-state index is 13.0. The Kier molecular flexibility index (Phi) is 6.54. The van der Waals surface area contributed by atoms with Gasteiger partial charge >= 0.3 is 0 Å². The van der Waals surface area contributed by atoms with Crippen LogP contribution in [0.25, 0.3) is 0 Å². The Morgan fingerprint density at radius 1 is 0.903 bits per heavy atom. The Hall–Kier alpha value is -3.47. The summed E-state index contributed by atoms with van der Waals surface area (Å²) in [4.78, 5) is 25.4. The number of carbonyl (C=O) groups is 2. The number of ether oxygens (including phenoxy) is 1. The second kappa shape index (κ2) is 9.13. The van der Waals surface area contributed by atoms with Crippen LogP contribution in [-0.4, -0.2) is 17.8 Å². The van der Waals surface area contributed by atoms with Crippen LogP contribution in [0.15, 0.2) is 72.8 Å². The van der Waals surface area contributed by atoms with E-state index in [-0.39, 0.29) is 22.9 Å². The number of amides is 1. The standard InChI is InChI=1S/C26H26FNO3/c1-17(31-23-14-12-21(27)13-15-23)25(30)28-22-7-5-6-19(16-22)24(29)18-8-10-20(11-9-18)26(2,3)4/h5-17H,1-4H3,(H,28,30)/t17-/m1/s1. The largest absolute Gasteiger partial charge is 0.481 e. The molecular formula is C26H26FNO3. The average molecular weight is 419 g/mol. The van der Waals surface area contributed by atoms with Crippen molar-refractivity contribution in [2.24, 2.45) is 0 Å².